The van der Waals surface area contributed by atoms with E-state index in [1.54, 1.807) is 0 Å². The van der Waals surface area contributed by atoms with E-state index in [1.807, 2.05) is 23.6 Å². The zero-order valence-electron chi connectivity index (χ0n) is 9.41. The second-order valence-electron chi connectivity index (χ2n) is 3.89. The molecule has 3 N–H and O–H groups in total. The molecule has 92 valence electrons. The molecule has 0 aliphatic carbocycles. The highest BCUT2D eigenvalue weighted by Crippen LogP contribution is 2.27. The van der Waals surface area contributed by atoms with Crippen LogP contribution in [-0.4, -0.2) is 21.7 Å². The predicted molar refractivity (Wildman–Crippen MR) is 69.1 cm³/mol. The van der Waals surface area contributed by atoms with E-state index >= 15 is 0 Å². The van der Waals surface area contributed by atoms with Crippen LogP contribution in [0.2, 0.25) is 0 Å². The molecule has 0 saturated carbocycles. The number of hydrogen-bond donors (Lipinski definition) is 2. The zero-order chi connectivity index (χ0) is 12.5. The molecule has 2 aromatic heterocycles. The number of oxazole rings is 1. The van der Waals surface area contributed by atoms with E-state index < -0.39 is 6.04 Å². The van der Waals surface area contributed by atoms with E-state index in [0.717, 1.165) is 27.4 Å². The Morgan fingerprint density at radius 1 is 1.44 bits per heavy atom. The van der Waals surface area contributed by atoms with Crippen molar-refractivity contribution in [3.63, 3.8) is 0 Å². The number of nitrogens with two attached hydrogens (primary N) is 1. The van der Waals surface area contributed by atoms with Gasteiger partial charge in [-0.25, -0.2) is 9.97 Å². The van der Waals surface area contributed by atoms with Crippen LogP contribution in [0.3, 0.4) is 0 Å². The van der Waals surface area contributed by atoms with Gasteiger partial charge in [-0.1, -0.05) is 6.07 Å². The number of aromatic nitrogens is 2. The third-order valence-corrected chi connectivity index (χ3v) is 3.64. The summed E-state index contributed by atoms with van der Waals surface area (Å²) in [6, 6.07) is 5.30. The van der Waals surface area contributed by atoms with Crippen LogP contribution in [0.15, 0.2) is 34.4 Å². The van der Waals surface area contributed by atoms with Crippen molar-refractivity contribution in [1.29, 1.82) is 0 Å². The van der Waals surface area contributed by atoms with Crippen LogP contribution in [0.5, 0.6) is 0 Å². The maximum atomic E-state index is 9.00. The fourth-order valence-electron chi connectivity index (χ4n) is 1.68. The summed E-state index contributed by atoms with van der Waals surface area (Å²) in [5.74, 6) is 0. The molecule has 0 spiro atoms. The highest BCUT2D eigenvalue weighted by molar-refractivity contribution is 7.10. The first-order valence-corrected chi connectivity index (χ1v) is 6.31. The van der Waals surface area contributed by atoms with Crippen molar-refractivity contribution in [3.05, 3.63) is 35.0 Å². The van der Waals surface area contributed by atoms with Crippen LogP contribution < -0.4 is 5.73 Å². The predicted octanol–water partition coefficient (Wildman–Crippen LogP) is 1.94. The molecule has 1 aromatic carbocycles. The molecule has 3 rings (SSSR count). The minimum Gasteiger partial charge on any atom is -0.443 e. The van der Waals surface area contributed by atoms with Gasteiger partial charge in [-0.15, -0.1) is 11.3 Å². The second kappa shape index (κ2) is 4.49. The van der Waals surface area contributed by atoms with Gasteiger partial charge in [0.15, 0.2) is 12.0 Å². The number of aliphatic hydroxyl groups excluding tert-OH is 1. The first kappa shape index (κ1) is 11.3. The van der Waals surface area contributed by atoms with Crippen molar-refractivity contribution in [1.82, 2.24) is 9.97 Å². The van der Waals surface area contributed by atoms with E-state index in [-0.39, 0.29) is 6.61 Å². The fraction of sp³-hybridized carbons (Fsp3) is 0.167. The molecule has 5 nitrogen and oxygen atoms in total. The lowest BCUT2D eigenvalue weighted by molar-refractivity contribution is 0.268. The van der Waals surface area contributed by atoms with Crippen molar-refractivity contribution in [2.75, 3.05) is 6.61 Å². The Kier molecular flexibility index (Phi) is 2.83. The Balaban J connectivity index is 2.00. The van der Waals surface area contributed by atoms with Crippen LogP contribution in [0.25, 0.3) is 22.4 Å². The maximum Gasteiger partial charge on any atom is 0.181 e. The lowest BCUT2D eigenvalue weighted by atomic mass is 10.1. The van der Waals surface area contributed by atoms with Gasteiger partial charge in [-0.2, -0.15) is 0 Å². The van der Waals surface area contributed by atoms with Gasteiger partial charge in [0, 0.05) is 10.9 Å². The quantitative estimate of drug-likeness (QED) is 0.752. The Bertz CT molecular complexity index is 677. The fourth-order valence-corrected chi connectivity index (χ4v) is 2.50. The number of thiazole rings is 1. The van der Waals surface area contributed by atoms with E-state index in [0.29, 0.717) is 0 Å². The summed E-state index contributed by atoms with van der Waals surface area (Å²) in [5.41, 5.74) is 9.06. The van der Waals surface area contributed by atoms with Crippen molar-refractivity contribution >= 4 is 22.4 Å². The minimum atomic E-state index is -0.419. The summed E-state index contributed by atoms with van der Waals surface area (Å²) < 4.78 is 5.26. The lowest BCUT2D eigenvalue weighted by Crippen LogP contribution is -2.13. The molecule has 0 saturated heterocycles. The molecule has 1 atom stereocenters. The lowest BCUT2D eigenvalue weighted by Gasteiger charge is -2.01. The monoisotopic (exact) mass is 261 g/mol. The van der Waals surface area contributed by atoms with Gasteiger partial charge in [-0.05, 0) is 12.1 Å². The van der Waals surface area contributed by atoms with E-state index in [9.17, 15) is 0 Å². The Morgan fingerprint density at radius 2 is 2.33 bits per heavy atom. The third-order valence-electron chi connectivity index (χ3n) is 2.66. The minimum absolute atomic E-state index is 0.103. The molecule has 2 heterocycles. The van der Waals surface area contributed by atoms with Crippen molar-refractivity contribution < 1.29 is 9.52 Å². The summed E-state index contributed by atoms with van der Waals surface area (Å²) in [6.45, 7) is -0.103. The van der Waals surface area contributed by atoms with Gasteiger partial charge in [0.25, 0.3) is 0 Å². The average Bonchev–Trinajstić information content (AvgIpc) is 3.05. The molecule has 18 heavy (non-hydrogen) atoms. The highest BCUT2D eigenvalue weighted by atomic mass is 32.1. The summed E-state index contributed by atoms with van der Waals surface area (Å²) in [5, 5.41) is 11.6. The molecular formula is C12H11N3O2S. The molecule has 0 fully saturated rings. The summed E-state index contributed by atoms with van der Waals surface area (Å²) in [4.78, 5) is 8.48. The number of hydrogen-bond acceptors (Lipinski definition) is 6. The van der Waals surface area contributed by atoms with E-state index in [2.05, 4.69) is 9.97 Å². The first-order valence-electron chi connectivity index (χ1n) is 5.43. The van der Waals surface area contributed by atoms with Crippen molar-refractivity contribution in [3.8, 4) is 11.3 Å². The number of aliphatic hydroxyl groups is 1. The molecule has 0 aliphatic heterocycles. The van der Waals surface area contributed by atoms with Gasteiger partial charge in [0.1, 0.15) is 10.5 Å². The van der Waals surface area contributed by atoms with Gasteiger partial charge in [0.2, 0.25) is 0 Å². The SMILES string of the molecule is NC(CO)c1nc(-c2ccc3ncoc3c2)cs1. The molecule has 0 radical (unpaired) electrons. The molecule has 1 unspecified atom stereocenters. The summed E-state index contributed by atoms with van der Waals surface area (Å²) >= 11 is 1.44. The van der Waals surface area contributed by atoms with Crippen LogP contribution in [0, 0.1) is 0 Å². The van der Waals surface area contributed by atoms with Crippen LogP contribution in [0.1, 0.15) is 11.0 Å². The highest BCUT2D eigenvalue weighted by Gasteiger charge is 2.11. The molecule has 0 bridgehead atoms. The molecule has 6 heteroatoms. The van der Waals surface area contributed by atoms with Gasteiger partial charge < -0.3 is 15.3 Å². The average molecular weight is 261 g/mol. The van der Waals surface area contributed by atoms with Gasteiger partial charge in [-0.3, -0.25) is 0 Å². The van der Waals surface area contributed by atoms with Crippen molar-refractivity contribution in [2.24, 2.45) is 5.73 Å². The Morgan fingerprint density at radius 3 is 3.17 bits per heavy atom. The molecule has 3 aromatic rings. The van der Waals surface area contributed by atoms with Gasteiger partial charge >= 0.3 is 0 Å². The van der Waals surface area contributed by atoms with E-state index in [4.69, 9.17) is 15.3 Å². The number of nitrogens with zero attached hydrogens (tertiary/aromatic N) is 2. The largest absolute Gasteiger partial charge is 0.443 e. The van der Waals surface area contributed by atoms with Gasteiger partial charge in [0.05, 0.1) is 18.3 Å². The van der Waals surface area contributed by atoms with Crippen molar-refractivity contribution in [2.45, 2.75) is 6.04 Å². The standard InChI is InChI=1S/C12H11N3O2S/c13-8(4-16)12-15-10(5-18-12)7-1-2-9-11(3-7)17-6-14-9/h1-3,5-6,8,16H,4,13H2. The Hall–Kier alpha value is -1.76. The number of rotatable bonds is 3. The van der Waals surface area contributed by atoms with Crippen LogP contribution in [0.4, 0.5) is 0 Å². The number of benzene rings is 1. The van der Waals surface area contributed by atoms with Crippen LogP contribution in [-0.2, 0) is 0 Å². The maximum absolute atomic E-state index is 9.00. The first-order chi connectivity index (χ1) is 8.78. The summed E-state index contributed by atoms with van der Waals surface area (Å²) in [7, 11) is 0. The number of fused-ring (bicyclic) bond motifs is 1. The summed E-state index contributed by atoms with van der Waals surface area (Å²) in [6.07, 6.45) is 1.42. The second-order valence-corrected chi connectivity index (χ2v) is 4.78. The van der Waals surface area contributed by atoms with E-state index in [1.165, 1.54) is 17.7 Å². The molecule has 0 aliphatic rings. The normalized spacial score (nSPS) is 13.0. The molecule has 0 amide bonds. The topological polar surface area (TPSA) is 85.2 Å². The van der Waals surface area contributed by atoms with Crippen LogP contribution >= 0.6 is 11.3 Å². The zero-order valence-corrected chi connectivity index (χ0v) is 10.2. The Labute approximate surface area is 107 Å². The third kappa shape index (κ3) is 1.90. The smallest absolute Gasteiger partial charge is 0.181 e. The molecular weight excluding hydrogens is 250 g/mol.